The van der Waals surface area contributed by atoms with Crippen LogP contribution >= 0.6 is 0 Å². The summed E-state index contributed by atoms with van der Waals surface area (Å²) in [5, 5.41) is 14.2. The number of rotatable bonds is 3. The minimum atomic E-state index is -5.08. The molecule has 36 heavy (non-hydrogen) atoms. The summed E-state index contributed by atoms with van der Waals surface area (Å²) in [6.45, 7) is 9.20. The SMILES string of the molecule is C1CO[C@H]2[C@@H](N3CCOCC3)CN(CC3CCOCC3)[C@H]2C1.O=C(O)C(F)(F)F.O=C(O)C(F)(F)F. The highest BCUT2D eigenvalue weighted by molar-refractivity contribution is 5.73. The number of morpholine rings is 1. The summed E-state index contributed by atoms with van der Waals surface area (Å²) >= 11 is 0. The summed E-state index contributed by atoms with van der Waals surface area (Å²) in [5.74, 6) is -4.69. The molecule has 9 nitrogen and oxygen atoms in total. The van der Waals surface area contributed by atoms with Crippen molar-refractivity contribution in [3.05, 3.63) is 0 Å². The highest BCUT2D eigenvalue weighted by atomic mass is 19.4. The number of alkyl halides is 6. The summed E-state index contributed by atoms with van der Waals surface area (Å²) in [7, 11) is 0. The van der Waals surface area contributed by atoms with Gasteiger partial charge in [-0.05, 0) is 31.6 Å². The van der Waals surface area contributed by atoms with Crippen LogP contribution in [-0.4, -0.2) is 122 Å². The molecule has 0 aromatic heterocycles. The van der Waals surface area contributed by atoms with E-state index in [9.17, 15) is 26.3 Å². The van der Waals surface area contributed by atoms with Crippen LogP contribution in [0, 0.1) is 5.92 Å². The van der Waals surface area contributed by atoms with E-state index in [1.807, 2.05) is 0 Å². The maximum Gasteiger partial charge on any atom is 0.490 e. The number of nitrogens with zero attached hydrogens (tertiary/aromatic N) is 2. The number of aliphatic carboxylic acids is 2. The summed E-state index contributed by atoms with van der Waals surface area (Å²) in [4.78, 5) is 23.2. The lowest BCUT2D eigenvalue weighted by Crippen LogP contribution is -2.51. The minimum absolute atomic E-state index is 0.423. The van der Waals surface area contributed by atoms with Crippen molar-refractivity contribution in [1.82, 2.24) is 9.80 Å². The van der Waals surface area contributed by atoms with E-state index >= 15 is 0 Å². The Morgan fingerprint density at radius 3 is 1.78 bits per heavy atom. The van der Waals surface area contributed by atoms with Gasteiger partial charge in [0.25, 0.3) is 0 Å². The van der Waals surface area contributed by atoms with Gasteiger partial charge in [-0.2, -0.15) is 26.3 Å². The molecule has 3 atom stereocenters. The molecule has 0 saturated carbocycles. The van der Waals surface area contributed by atoms with Crippen LogP contribution in [0.5, 0.6) is 0 Å². The molecule has 0 amide bonds. The maximum atomic E-state index is 10.6. The molecule has 210 valence electrons. The van der Waals surface area contributed by atoms with Crippen LogP contribution in [0.1, 0.15) is 25.7 Å². The third kappa shape index (κ3) is 9.65. The number of carboxylic acids is 2. The van der Waals surface area contributed by atoms with E-state index in [0.29, 0.717) is 18.2 Å². The van der Waals surface area contributed by atoms with Crippen molar-refractivity contribution in [2.24, 2.45) is 5.92 Å². The molecule has 4 aliphatic rings. The van der Waals surface area contributed by atoms with E-state index in [1.165, 1.54) is 38.8 Å². The average molecular weight is 538 g/mol. The Hall–Kier alpha value is -1.68. The van der Waals surface area contributed by atoms with Gasteiger partial charge in [0.15, 0.2) is 0 Å². The highest BCUT2D eigenvalue weighted by Gasteiger charge is 2.46. The molecular formula is C21H32F6N2O7. The molecule has 4 heterocycles. The first-order valence-electron chi connectivity index (χ1n) is 11.7. The summed E-state index contributed by atoms with van der Waals surface area (Å²) in [5.41, 5.74) is 0. The van der Waals surface area contributed by atoms with Gasteiger partial charge in [0, 0.05) is 52.0 Å². The zero-order valence-corrected chi connectivity index (χ0v) is 19.6. The predicted octanol–water partition coefficient (Wildman–Crippen LogP) is 2.24. The molecular weight excluding hydrogens is 506 g/mol. The Kier molecular flexibility index (Phi) is 11.7. The van der Waals surface area contributed by atoms with Crippen molar-refractivity contribution in [2.45, 2.75) is 56.2 Å². The molecule has 0 aliphatic carbocycles. The van der Waals surface area contributed by atoms with Gasteiger partial charge in [-0.3, -0.25) is 9.80 Å². The number of likely N-dealkylation sites (tertiary alicyclic amines) is 1. The molecule has 0 spiro atoms. The van der Waals surface area contributed by atoms with Crippen LogP contribution < -0.4 is 0 Å². The lowest BCUT2D eigenvalue weighted by molar-refractivity contribution is -0.193. The number of hydrogen-bond donors (Lipinski definition) is 2. The quantitative estimate of drug-likeness (QED) is 0.523. The first kappa shape index (κ1) is 30.5. The van der Waals surface area contributed by atoms with Gasteiger partial charge >= 0.3 is 24.3 Å². The molecule has 0 radical (unpaired) electrons. The molecule has 2 N–H and O–H groups in total. The Balaban J connectivity index is 0.000000271. The van der Waals surface area contributed by atoms with Crippen LogP contribution in [0.15, 0.2) is 0 Å². The van der Waals surface area contributed by atoms with E-state index in [2.05, 4.69) is 9.80 Å². The Bertz CT molecular complexity index is 673. The zero-order chi connectivity index (χ0) is 26.9. The molecule has 0 aromatic rings. The Morgan fingerprint density at radius 1 is 0.778 bits per heavy atom. The van der Waals surface area contributed by atoms with Crippen LogP contribution in [0.2, 0.25) is 0 Å². The Labute approximate surface area is 204 Å². The van der Waals surface area contributed by atoms with Crippen LogP contribution in [0.25, 0.3) is 0 Å². The van der Waals surface area contributed by atoms with Crippen molar-refractivity contribution in [1.29, 1.82) is 0 Å². The number of halogens is 6. The predicted molar refractivity (Wildman–Crippen MR) is 111 cm³/mol. The number of hydrogen-bond acceptors (Lipinski definition) is 7. The largest absolute Gasteiger partial charge is 0.490 e. The van der Waals surface area contributed by atoms with Crippen molar-refractivity contribution < 1.29 is 60.4 Å². The lowest BCUT2D eigenvalue weighted by atomic mass is 9.97. The highest BCUT2D eigenvalue weighted by Crippen LogP contribution is 2.33. The third-order valence-corrected chi connectivity index (χ3v) is 6.44. The topological polar surface area (TPSA) is 109 Å². The second kappa shape index (κ2) is 13.7. The molecule has 4 aliphatic heterocycles. The summed E-state index contributed by atoms with van der Waals surface area (Å²) < 4.78 is 80.8. The van der Waals surface area contributed by atoms with E-state index in [0.717, 1.165) is 52.0 Å². The average Bonchev–Trinajstić information content (AvgIpc) is 3.18. The number of carbonyl (C=O) groups is 2. The molecule has 15 heteroatoms. The van der Waals surface area contributed by atoms with Gasteiger partial charge < -0.3 is 24.4 Å². The van der Waals surface area contributed by atoms with Crippen LogP contribution in [0.3, 0.4) is 0 Å². The second-order valence-corrected chi connectivity index (χ2v) is 8.88. The second-order valence-electron chi connectivity index (χ2n) is 8.88. The molecule has 0 bridgehead atoms. The molecule has 4 fully saturated rings. The molecule has 4 saturated heterocycles. The van der Waals surface area contributed by atoms with Gasteiger partial charge in [0.1, 0.15) is 0 Å². The standard InChI is InChI=1S/C17H30N2O3.2C2HF3O2/c1-2-15-17(22-7-1)16(18-5-10-21-11-6-18)13-19(15)12-14-3-8-20-9-4-14;2*3-2(4,5)1(6)7/h14-17H,1-13H2;2*(H,6,7)/t15-,16-,17+;;/m0../s1. The number of ether oxygens (including phenoxy) is 3. The van der Waals surface area contributed by atoms with E-state index in [-0.39, 0.29) is 0 Å². The van der Waals surface area contributed by atoms with E-state index < -0.39 is 24.3 Å². The van der Waals surface area contributed by atoms with E-state index in [1.54, 1.807) is 0 Å². The van der Waals surface area contributed by atoms with Crippen molar-refractivity contribution in [3.63, 3.8) is 0 Å². The molecule has 4 rings (SSSR count). The fourth-order valence-corrected chi connectivity index (χ4v) is 4.73. The van der Waals surface area contributed by atoms with Gasteiger partial charge in [-0.1, -0.05) is 0 Å². The summed E-state index contributed by atoms with van der Waals surface area (Å²) in [6, 6.07) is 1.22. The number of fused-ring (bicyclic) bond motifs is 1. The maximum absolute atomic E-state index is 10.6. The fraction of sp³-hybridized carbons (Fsp3) is 0.905. The fourth-order valence-electron chi connectivity index (χ4n) is 4.73. The van der Waals surface area contributed by atoms with Crippen molar-refractivity contribution in [3.8, 4) is 0 Å². The molecule has 0 aromatic carbocycles. The van der Waals surface area contributed by atoms with Crippen LogP contribution in [0.4, 0.5) is 26.3 Å². The zero-order valence-electron chi connectivity index (χ0n) is 19.6. The number of carboxylic acid groups (broad SMARTS) is 2. The summed E-state index contributed by atoms with van der Waals surface area (Å²) in [6.07, 6.45) is -4.74. The normalized spacial score (nSPS) is 28.2. The monoisotopic (exact) mass is 538 g/mol. The van der Waals surface area contributed by atoms with Crippen LogP contribution in [-0.2, 0) is 23.8 Å². The van der Waals surface area contributed by atoms with Gasteiger partial charge in [-0.15, -0.1) is 0 Å². The smallest absolute Gasteiger partial charge is 0.475 e. The first-order valence-corrected chi connectivity index (χ1v) is 11.7. The minimum Gasteiger partial charge on any atom is -0.475 e. The Morgan fingerprint density at radius 2 is 1.28 bits per heavy atom. The van der Waals surface area contributed by atoms with Crippen molar-refractivity contribution >= 4 is 11.9 Å². The van der Waals surface area contributed by atoms with E-state index in [4.69, 9.17) is 34.0 Å². The van der Waals surface area contributed by atoms with Gasteiger partial charge in [0.2, 0.25) is 0 Å². The lowest BCUT2D eigenvalue weighted by Gasteiger charge is -2.37. The first-order chi connectivity index (χ1) is 16.8. The van der Waals surface area contributed by atoms with Crippen molar-refractivity contribution in [2.75, 3.05) is 59.2 Å². The van der Waals surface area contributed by atoms with Gasteiger partial charge in [-0.25, -0.2) is 9.59 Å². The third-order valence-electron chi connectivity index (χ3n) is 6.44. The van der Waals surface area contributed by atoms with Gasteiger partial charge in [0.05, 0.1) is 25.4 Å². The molecule has 0 unspecified atom stereocenters.